The molecule has 2 aromatic rings. The number of amides is 1. The molecule has 1 amide bonds. The second-order valence-electron chi connectivity index (χ2n) is 3.65. The van der Waals surface area contributed by atoms with E-state index in [1.807, 2.05) is 30.3 Å². The summed E-state index contributed by atoms with van der Waals surface area (Å²) in [6, 6.07) is 11.0. The Hall–Kier alpha value is -1.59. The molecule has 4 nitrogen and oxygen atoms in total. The lowest BCUT2D eigenvalue weighted by Crippen LogP contribution is -2.14. The number of nitrogens with zero attached hydrogens (tertiary/aromatic N) is 1. The fourth-order valence-electron chi connectivity index (χ4n) is 1.39. The van der Waals surface area contributed by atoms with Crippen LogP contribution in [0, 0.1) is 0 Å². The first-order chi connectivity index (χ1) is 9.16. The molecule has 0 fully saturated rings. The van der Waals surface area contributed by atoms with Gasteiger partial charge in [-0.1, -0.05) is 41.9 Å². The van der Waals surface area contributed by atoms with E-state index in [0.29, 0.717) is 15.3 Å². The van der Waals surface area contributed by atoms with Crippen LogP contribution in [-0.2, 0) is 11.3 Å². The predicted molar refractivity (Wildman–Crippen MR) is 77.2 cm³/mol. The monoisotopic (exact) mass is 340 g/mol. The lowest BCUT2D eigenvalue weighted by atomic mass is 10.2. The van der Waals surface area contributed by atoms with Crippen molar-refractivity contribution in [3.63, 3.8) is 0 Å². The number of hydrogen-bond acceptors (Lipinski definition) is 3. The van der Waals surface area contributed by atoms with Crippen LogP contribution in [0.25, 0.3) is 0 Å². The smallest absolute Gasteiger partial charge is 0.412 e. The molecule has 1 N–H and O–H groups in total. The predicted octanol–water partition coefficient (Wildman–Crippen LogP) is 4.25. The van der Waals surface area contributed by atoms with Gasteiger partial charge >= 0.3 is 6.09 Å². The van der Waals surface area contributed by atoms with Gasteiger partial charge in [0.05, 0.1) is 10.7 Å². The average Bonchev–Trinajstić information content (AvgIpc) is 2.42. The van der Waals surface area contributed by atoms with Gasteiger partial charge in [0, 0.05) is 6.20 Å². The highest BCUT2D eigenvalue weighted by molar-refractivity contribution is 9.10. The highest BCUT2D eigenvalue weighted by Gasteiger charge is 2.11. The number of carbonyl (C=O) groups is 1. The Morgan fingerprint density at radius 2 is 2.05 bits per heavy atom. The molecule has 0 aliphatic heterocycles. The van der Waals surface area contributed by atoms with E-state index < -0.39 is 6.09 Å². The minimum absolute atomic E-state index is 0.197. The van der Waals surface area contributed by atoms with Gasteiger partial charge in [-0.3, -0.25) is 5.32 Å². The third-order valence-electron chi connectivity index (χ3n) is 2.29. The highest BCUT2D eigenvalue weighted by atomic mass is 79.9. The van der Waals surface area contributed by atoms with Gasteiger partial charge in [0.25, 0.3) is 0 Å². The summed E-state index contributed by atoms with van der Waals surface area (Å²) in [4.78, 5) is 15.6. The van der Waals surface area contributed by atoms with Gasteiger partial charge in [-0.15, -0.1) is 0 Å². The largest absolute Gasteiger partial charge is 0.444 e. The Balaban J connectivity index is 1.95. The van der Waals surface area contributed by atoms with Crippen molar-refractivity contribution in [3.05, 3.63) is 57.8 Å². The third-order valence-corrected chi connectivity index (χ3v) is 3.21. The number of aromatic nitrogens is 1. The zero-order valence-electron chi connectivity index (χ0n) is 9.77. The highest BCUT2D eigenvalue weighted by Crippen LogP contribution is 2.28. The summed E-state index contributed by atoms with van der Waals surface area (Å²) in [7, 11) is 0. The Labute approximate surface area is 123 Å². The van der Waals surface area contributed by atoms with Crippen LogP contribution in [0.15, 0.2) is 47.2 Å². The summed E-state index contributed by atoms with van der Waals surface area (Å²) < 4.78 is 5.54. The van der Waals surface area contributed by atoms with E-state index in [4.69, 9.17) is 16.3 Å². The fourth-order valence-corrected chi connectivity index (χ4v) is 2.13. The van der Waals surface area contributed by atoms with Crippen molar-refractivity contribution in [3.8, 4) is 0 Å². The van der Waals surface area contributed by atoms with Crippen LogP contribution in [0.3, 0.4) is 0 Å². The molecule has 0 bridgehead atoms. The van der Waals surface area contributed by atoms with E-state index in [1.165, 1.54) is 6.20 Å². The Kier molecular flexibility index (Phi) is 4.76. The molecule has 0 radical (unpaired) electrons. The Morgan fingerprint density at radius 3 is 2.74 bits per heavy atom. The summed E-state index contributed by atoms with van der Waals surface area (Å²) in [6.07, 6.45) is 0.951. The van der Waals surface area contributed by atoms with E-state index in [2.05, 4.69) is 26.2 Å². The van der Waals surface area contributed by atoms with Crippen molar-refractivity contribution in [1.82, 2.24) is 4.98 Å². The van der Waals surface area contributed by atoms with Crippen LogP contribution in [-0.4, -0.2) is 11.1 Å². The minimum Gasteiger partial charge on any atom is -0.444 e. The summed E-state index contributed by atoms with van der Waals surface area (Å²) in [5.74, 6) is 0. The molecule has 0 spiro atoms. The number of pyridine rings is 1. The normalized spacial score (nSPS) is 10.0. The first kappa shape index (κ1) is 13.8. The number of ether oxygens (including phenoxy) is 1. The summed E-state index contributed by atoms with van der Waals surface area (Å²) in [5, 5.41) is 2.93. The van der Waals surface area contributed by atoms with Crippen LogP contribution < -0.4 is 5.32 Å². The van der Waals surface area contributed by atoms with Gasteiger partial charge in [-0.2, -0.15) is 0 Å². The van der Waals surface area contributed by atoms with Crippen molar-refractivity contribution >= 4 is 39.3 Å². The standard InChI is InChI=1S/C13H10BrClN2O2/c14-12-11(10(15)6-7-16-12)17-13(18)19-8-9-4-2-1-3-5-9/h1-7H,8H2,(H,17,18). The van der Waals surface area contributed by atoms with Gasteiger partial charge in [-0.05, 0) is 27.6 Å². The fraction of sp³-hybridized carbons (Fsp3) is 0.0769. The number of anilines is 1. The molecule has 6 heteroatoms. The van der Waals surface area contributed by atoms with E-state index >= 15 is 0 Å². The molecule has 1 aromatic heterocycles. The van der Waals surface area contributed by atoms with E-state index in [1.54, 1.807) is 6.07 Å². The molecule has 0 saturated heterocycles. The number of hydrogen-bond donors (Lipinski definition) is 1. The number of carbonyl (C=O) groups excluding carboxylic acids is 1. The average molecular weight is 342 g/mol. The first-order valence-corrected chi connectivity index (χ1v) is 6.61. The van der Waals surface area contributed by atoms with Crippen LogP contribution >= 0.6 is 27.5 Å². The van der Waals surface area contributed by atoms with E-state index in [9.17, 15) is 4.79 Å². The first-order valence-electron chi connectivity index (χ1n) is 5.44. The lowest BCUT2D eigenvalue weighted by Gasteiger charge is -2.09. The quantitative estimate of drug-likeness (QED) is 0.849. The van der Waals surface area contributed by atoms with Crippen molar-refractivity contribution in [1.29, 1.82) is 0 Å². The van der Waals surface area contributed by atoms with Crippen LogP contribution in [0.4, 0.5) is 10.5 Å². The topological polar surface area (TPSA) is 51.2 Å². The maximum absolute atomic E-state index is 11.6. The molecule has 1 heterocycles. The van der Waals surface area contributed by atoms with Crippen molar-refractivity contribution in [2.75, 3.05) is 5.32 Å². The molecule has 0 aliphatic rings. The number of nitrogens with one attached hydrogen (secondary N) is 1. The van der Waals surface area contributed by atoms with Crippen LogP contribution in [0.2, 0.25) is 5.02 Å². The molecule has 2 rings (SSSR count). The molecule has 0 aliphatic carbocycles. The zero-order valence-corrected chi connectivity index (χ0v) is 12.1. The Bertz CT molecular complexity index is 558. The van der Waals surface area contributed by atoms with Crippen LogP contribution in [0.5, 0.6) is 0 Å². The van der Waals surface area contributed by atoms with Crippen molar-refractivity contribution < 1.29 is 9.53 Å². The second kappa shape index (κ2) is 6.54. The number of rotatable bonds is 3. The molecule has 19 heavy (non-hydrogen) atoms. The number of halogens is 2. The number of benzene rings is 1. The van der Waals surface area contributed by atoms with Gasteiger partial charge < -0.3 is 4.74 Å². The summed E-state index contributed by atoms with van der Waals surface area (Å²) in [6.45, 7) is 0.197. The summed E-state index contributed by atoms with van der Waals surface area (Å²) in [5.41, 5.74) is 1.30. The van der Waals surface area contributed by atoms with Gasteiger partial charge in [0.2, 0.25) is 0 Å². The maximum atomic E-state index is 11.6. The van der Waals surface area contributed by atoms with E-state index in [0.717, 1.165) is 5.56 Å². The SMILES string of the molecule is O=C(Nc1c(Cl)ccnc1Br)OCc1ccccc1. The van der Waals surface area contributed by atoms with Gasteiger partial charge in [0.1, 0.15) is 11.2 Å². The van der Waals surface area contributed by atoms with Crippen molar-refractivity contribution in [2.45, 2.75) is 6.61 Å². The maximum Gasteiger partial charge on any atom is 0.412 e. The molecule has 0 unspecified atom stereocenters. The van der Waals surface area contributed by atoms with Gasteiger partial charge in [-0.25, -0.2) is 9.78 Å². The lowest BCUT2D eigenvalue weighted by molar-refractivity contribution is 0.155. The molecular weight excluding hydrogens is 332 g/mol. The molecular formula is C13H10BrClN2O2. The third kappa shape index (κ3) is 3.94. The van der Waals surface area contributed by atoms with Crippen molar-refractivity contribution in [2.24, 2.45) is 0 Å². The van der Waals surface area contributed by atoms with Crippen LogP contribution in [0.1, 0.15) is 5.56 Å². The molecule has 1 aromatic carbocycles. The Morgan fingerprint density at radius 1 is 1.32 bits per heavy atom. The molecule has 98 valence electrons. The summed E-state index contributed by atoms with van der Waals surface area (Å²) >= 11 is 9.16. The molecule has 0 atom stereocenters. The molecule has 0 saturated carbocycles. The van der Waals surface area contributed by atoms with Gasteiger partial charge in [0.15, 0.2) is 0 Å². The zero-order chi connectivity index (χ0) is 13.7. The second-order valence-corrected chi connectivity index (χ2v) is 4.80. The van der Waals surface area contributed by atoms with E-state index in [-0.39, 0.29) is 6.61 Å². The minimum atomic E-state index is -0.584.